The molecule has 0 amide bonds. The van der Waals surface area contributed by atoms with E-state index in [0.29, 0.717) is 11.3 Å². The Balaban J connectivity index is 2.38. The highest BCUT2D eigenvalue weighted by molar-refractivity contribution is 7.89. The zero-order chi connectivity index (χ0) is 15.0. The van der Waals surface area contributed by atoms with Gasteiger partial charge in [0.05, 0.1) is 5.69 Å². The number of aryl methyl sites for hydroxylation is 2. The molecule has 112 valence electrons. The molecule has 1 aliphatic rings. The lowest BCUT2D eigenvalue weighted by molar-refractivity contribution is 0.294. The van der Waals surface area contributed by atoms with Gasteiger partial charge in [0.1, 0.15) is 4.90 Å². The molecule has 2 rings (SSSR count). The Morgan fingerprint density at radius 3 is 2.25 bits per heavy atom. The summed E-state index contributed by atoms with van der Waals surface area (Å²) in [5, 5.41) is 0. The number of nitrogens with one attached hydrogen (secondary N) is 1. The Morgan fingerprint density at radius 1 is 1.10 bits per heavy atom. The number of rotatable bonds is 3. The molecule has 1 aliphatic carbocycles. The lowest BCUT2D eigenvalue weighted by Crippen LogP contribution is -2.47. The third kappa shape index (κ3) is 2.99. The molecule has 1 aromatic carbocycles. The third-order valence-corrected chi connectivity index (χ3v) is 6.06. The van der Waals surface area contributed by atoms with E-state index in [-0.39, 0.29) is 10.4 Å². The fraction of sp³-hybridized carbons (Fsp3) is 0.600. The van der Waals surface area contributed by atoms with Crippen molar-refractivity contribution in [2.75, 3.05) is 5.73 Å². The summed E-state index contributed by atoms with van der Waals surface area (Å²) in [6, 6.07) is 3.66. The summed E-state index contributed by atoms with van der Waals surface area (Å²) < 4.78 is 28.3. The average molecular weight is 296 g/mol. The van der Waals surface area contributed by atoms with Crippen LogP contribution in [0.2, 0.25) is 0 Å². The zero-order valence-corrected chi connectivity index (χ0v) is 13.3. The summed E-state index contributed by atoms with van der Waals surface area (Å²) in [6.07, 6.45) is 5.10. The fourth-order valence-electron chi connectivity index (χ4n) is 2.97. The van der Waals surface area contributed by atoms with Gasteiger partial charge in [-0.05, 0) is 44.7 Å². The second-order valence-electron chi connectivity index (χ2n) is 6.17. The van der Waals surface area contributed by atoms with Gasteiger partial charge in [-0.3, -0.25) is 0 Å². The van der Waals surface area contributed by atoms with E-state index in [1.807, 2.05) is 26.0 Å². The maximum absolute atomic E-state index is 12.7. The Labute approximate surface area is 121 Å². The van der Waals surface area contributed by atoms with E-state index < -0.39 is 10.0 Å². The van der Waals surface area contributed by atoms with Crippen LogP contribution in [0.3, 0.4) is 0 Å². The maximum atomic E-state index is 12.7. The van der Waals surface area contributed by atoms with E-state index in [1.54, 1.807) is 6.92 Å². The molecule has 0 aromatic heterocycles. The minimum Gasteiger partial charge on any atom is -0.397 e. The van der Waals surface area contributed by atoms with Crippen molar-refractivity contribution in [3.63, 3.8) is 0 Å². The van der Waals surface area contributed by atoms with Gasteiger partial charge in [-0.25, -0.2) is 13.1 Å². The van der Waals surface area contributed by atoms with Crippen molar-refractivity contribution >= 4 is 15.7 Å². The van der Waals surface area contributed by atoms with Gasteiger partial charge < -0.3 is 5.73 Å². The smallest absolute Gasteiger partial charge is 0.243 e. The second kappa shape index (κ2) is 5.37. The lowest BCUT2D eigenvalue weighted by Gasteiger charge is -2.34. The predicted octanol–water partition coefficient (Wildman–Crippen LogP) is 2.89. The van der Waals surface area contributed by atoms with Crippen LogP contribution < -0.4 is 10.5 Å². The number of sulfonamides is 1. The van der Waals surface area contributed by atoms with Gasteiger partial charge >= 0.3 is 0 Å². The normalized spacial score (nSPS) is 18.9. The van der Waals surface area contributed by atoms with E-state index in [9.17, 15) is 8.42 Å². The lowest BCUT2D eigenvalue weighted by atomic mass is 9.84. The molecule has 0 unspecified atom stereocenters. The van der Waals surface area contributed by atoms with Crippen LogP contribution in [0.5, 0.6) is 0 Å². The molecule has 0 bridgehead atoms. The molecule has 5 heteroatoms. The molecule has 0 radical (unpaired) electrons. The molecular weight excluding hydrogens is 272 g/mol. The molecule has 1 aromatic rings. The van der Waals surface area contributed by atoms with Crippen LogP contribution in [0.15, 0.2) is 17.0 Å². The third-order valence-electron chi connectivity index (χ3n) is 4.22. The minimum atomic E-state index is -3.58. The standard InChI is InChI=1S/C15H24N2O2S/c1-11-7-8-12(2)14(13(11)16)20(18,19)17-15(3)9-5-4-6-10-15/h7-8,17H,4-6,9-10,16H2,1-3H3. The molecule has 20 heavy (non-hydrogen) atoms. The highest BCUT2D eigenvalue weighted by atomic mass is 32.2. The fourth-order valence-corrected chi connectivity index (χ4v) is 4.87. The van der Waals surface area contributed by atoms with Crippen molar-refractivity contribution in [3.8, 4) is 0 Å². The molecule has 0 heterocycles. The van der Waals surface area contributed by atoms with Gasteiger partial charge in [0.15, 0.2) is 0 Å². The monoisotopic (exact) mass is 296 g/mol. The molecule has 0 spiro atoms. The van der Waals surface area contributed by atoms with Gasteiger partial charge in [-0.2, -0.15) is 0 Å². The zero-order valence-electron chi connectivity index (χ0n) is 12.5. The second-order valence-corrected chi connectivity index (χ2v) is 7.79. The van der Waals surface area contributed by atoms with Crippen LogP contribution in [0, 0.1) is 13.8 Å². The van der Waals surface area contributed by atoms with Gasteiger partial charge in [0, 0.05) is 5.54 Å². The van der Waals surface area contributed by atoms with Gasteiger partial charge in [0.2, 0.25) is 10.0 Å². The average Bonchev–Trinajstić information content (AvgIpc) is 2.33. The molecule has 1 saturated carbocycles. The summed E-state index contributed by atoms with van der Waals surface area (Å²) in [7, 11) is -3.58. The Bertz CT molecular complexity index is 603. The molecule has 3 N–H and O–H groups in total. The van der Waals surface area contributed by atoms with Crippen molar-refractivity contribution < 1.29 is 8.42 Å². The molecular formula is C15H24N2O2S. The number of benzene rings is 1. The largest absolute Gasteiger partial charge is 0.397 e. The number of anilines is 1. The van der Waals surface area contributed by atoms with E-state index >= 15 is 0 Å². The summed E-state index contributed by atoms with van der Waals surface area (Å²) in [6.45, 7) is 5.61. The Morgan fingerprint density at radius 2 is 1.65 bits per heavy atom. The quantitative estimate of drug-likeness (QED) is 0.842. The summed E-state index contributed by atoms with van der Waals surface area (Å²) in [5.74, 6) is 0. The van der Waals surface area contributed by atoms with Crippen LogP contribution in [-0.4, -0.2) is 14.0 Å². The van der Waals surface area contributed by atoms with Gasteiger partial charge in [0.25, 0.3) is 0 Å². The summed E-state index contributed by atoms with van der Waals surface area (Å²) in [5.41, 5.74) is 7.50. The summed E-state index contributed by atoms with van der Waals surface area (Å²) in [4.78, 5) is 0.240. The molecule has 0 atom stereocenters. The predicted molar refractivity (Wildman–Crippen MR) is 82.1 cm³/mol. The number of hydrogen-bond donors (Lipinski definition) is 2. The van der Waals surface area contributed by atoms with Gasteiger partial charge in [-0.15, -0.1) is 0 Å². The summed E-state index contributed by atoms with van der Waals surface area (Å²) >= 11 is 0. The van der Waals surface area contributed by atoms with Crippen molar-refractivity contribution in [1.29, 1.82) is 0 Å². The van der Waals surface area contributed by atoms with E-state index in [0.717, 1.165) is 31.2 Å². The topological polar surface area (TPSA) is 72.2 Å². The molecule has 0 aliphatic heterocycles. The molecule has 4 nitrogen and oxygen atoms in total. The number of nitrogen functional groups attached to an aromatic ring is 1. The van der Waals surface area contributed by atoms with E-state index in [2.05, 4.69) is 4.72 Å². The van der Waals surface area contributed by atoms with Crippen molar-refractivity contribution in [2.45, 2.75) is 63.3 Å². The SMILES string of the molecule is Cc1ccc(C)c(S(=O)(=O)NC2(C)CCCCC2)c1N. The van der Waals surface area contributed by atoms with Gasteiger partial charge in [-0.1, -0.05) is 31.4 Å². The highest BCUT2D eigenvalue weighted by Crippen LogP contribution is 2.32. The van der Waals surface area contributed by atoms with E-state index in [4.69, 9.17) is 5.73 Å². The van der Waals surface area contributed by atoms with Crippen LogP contribution >= 0.6 is 0 Å². The number of hydrogen-bond acceptors (Lipinski definition) is 3. The van der Waals surface area contributed by atoms with Crippen LogP contribution in [0.4, 0.5) is 5.69 Å². The first kappa shape index (κ1) is 15.3. The first-order valence-corrected chi connectivity index (χ1v) is 8.63. The first-order valence-electron chi connectivity index (χ1n) is 7.15. The van der Waals surface area contributed by atoms with Crippen LogP contribution in [0.1, 0.15) is 50.2 Å². The Kier molecular flexibility index (Phi) is 4.12. The first-order chi connectivity index (χ1) is 9.25. The van der Waals surface area contributed by atoms with Crippen LogP contribution in [-0.2, 0) is 10.0 Å². The van der Waals surface area contributed by atoms with Crippen LogP contribution in [0.25, 0.3) is 0 Å². The molecule has 1 fully saturated rings. The van der Waals surface area contributed by atoms with E-state index in [1.165, 1.54) is 6.42 Å². The minimum absolute atomic E-state index is 0.240. The van der Waals surface area contributed by atoms with Crippen molar-refractivity contribution in [2.24, 2.45) is 0 Å². The highest BCUT2D eigenvalue weighted by Gasteiger charge is 2.33. The van der Waals surface area contributed by atoms with Crippen molar-refractivity contribution in [1.82, 2.24) is 4.72 Å². The maximum Gasteiger partial charge on any atom is 0.243 e. The van der Waals surface area contributed by atoms with Crippen molar-refractivity contribution in [3.05, 3.63) is 23.3 Å². The molecule has 0 saturated heterocycles. The Hall–Kier alpha value is -1.07. The number of nitrogens with two attached hydrogens (primary N) is 1.